The predicted octanol–water partition coefficient (Wildman–Crippen LogP) is 1.48. The van der Waals surface area contributed by atoms with Gasteiger partial charge in [0.2, 0.25) is 5.03 Å². The molecular formula is C10H13BrN4O2S. The van der Waals surface area contributed by atoms with E-state index in [4.69, 9.17) is 5.14 Å². The van der Waals surface area contributed by atoms with E-state index >= 15 is 0 Å². The maximum Gasteiger partial charge on any atom is 0.258 e. The number of aromatic nitrogens is 3. The monoisotopic (exact) mass is 332 g/mol. The lowest BCUT2D eigenvalue weighted by atomic mass is 10.2. The topological polar surface area (TPSA) is 90.3 Å². The van der Waals surface area contributed by atoms with Crippen molar-refractivity contribution >= 4 is 31.6 Å². The third kappa shape index (κ3) is 2.55. The summed E-state index contributed by atoms with van der Waals surface area (Å²) in [6, 6.07) is 3.58. The molecule has 6 nitrogen and oxygen atoms in total. The average Bonchev–Trinajstić information content (AvgIpc) is 2.60. The van der Waals surface area contributed by atoms with Crippen molar-refractivity contribution in [1.82, 2.24) is 14.6 Å². The Balaban J connectivity index is 2.60. The van der Waals surface area contributed by atoms with E-state index in [1.807, 2.05) is 6.07 Å². The maximum absolute atomic E-state index is 11.5. The molecule has 8 heteroatoms. The Bertz CT molecular complexity index is 680. The molecule has 98 valence electrons. The first-order valence-corrected chi connectivity index (χ1v) is 7.84. The van der Waals surface area contributed by atoms with Crippen LogP contribution < -0.4 is 5.14 Å². The minimum Gasteiger partial charge on any atom is -0.223 e. The van der Waals surface area contributed by atoms with Gasteiger partial charge in [-0.1, -0.05) is 13.3 Å². The van der Waals surface area contributed by atoms with E-state index in [1.54, 1.807) is 6.07 Å². The van der Waals surface area contributed by atoms with Crippen molar-refractivity contribution in [3.05, 3.63) is 22.4 Å². The molecule has 0 aromatic carbocycles. The SMILES string of the molecule is CCCCc1ccc2nc(Br)c(S(N)(=O)=O)n2n1. The quantitative estimate of drug-likeness (QED) is 0.918. The van der Waals surface area contributed by atoms with Gasteiger partial charge in [-0.05, 0) is 40.9 Å². The van der Waals surface area contributed by atoms with Crippen molar-refractivity contribution < 1.29 is 8.42 Å². The van der Waals surface area contributed by atoms with Gasteiger partial charge in [0.25, 0.3) is 10.0 Å². The normalized spacial score (nSPS) is 12.2. The highest BCUT2D eigenvalue weighted by Gasteiger charge is 2.21. The molecule has 0 aliphatic carbocycles. The van der Waals surface area contributed by atoms with E-state index in [9.17, 15) is 8.42 Å². The summed E-state index contributed by atoms with van der Waals surface area (Å²) < 4.78 is 24.5. The molecule has 0 unspecified atom stereocenters. The Morgan fingerprint density at radius 1 is 1.44 bits per heavy atom. The number of fused-ring (bicyclic) bond motifs is 1. The van der Waals surface area contributed by atoms with Gasteiger partial charge < -0.3 is 0 Å². The van der Waals surface area contributed by atoms with Crippen LogP contribution in [0.2, 0.25) is 0 Å². The molecule has 0 radical (unpaired) electrons. The summed E-state index contributed by atoms with van der Waals surface area (Å²) >= 11 is 3.09. The first kappa shape index (κ1) is 13.4. The number of halogens is 1. The second-order valence-electron chi connectivity index (χ2n) is 3.95. The lowest BCUT2D eigenvalue weighted by Crippen LogP contribution is -2.16. The Labute approximate surface area is 113 Å². The molecule has 0 aliphatic rings. The summed E-state index contributed by atoms with van der Waals surface area (Å²) in [5.74, 6) is 0. The van der Waals surface area contributed by atoms with Crippen LogP contribution in [0.15, 0.2) is 21.8 Å². The molecule has 0 fully saturated rings. The fourth-order valence-corrected chi connectivity index (χ4v) is 3.34. The Morgan fingerprint density at radius 2 is 2.17 bits per heavy atom. The number of aryl methyl sites for hydroxylation is 1. The number of rotatable bonds is 4. The lowest BCUT2D eigenvalue weighted by Gasteiger charge is -2.02. The highest BCUT2D eigenvalue weighted by Crippen LogP contribution is 2.21. The highest BCUT2D eigenvalue weighted by atomic mass is 79.9. The zero-order valence-electron chi connectivity index (χ0n) is 9.80. The maximum atomic E-state index is 11.5. The van der Waals surface area contributed by atoms with Crippen molar-refractivity contribution in [2.45, 2.75) is 31.2 Å². The second kappa shape index (κ2) is 4.94. The molecule has 0 saturated carbocycles. The summed E-state index contributed by atoms with van der Waals surface area (Å²) in [6.07, 6.45) is 2.85. The van der Waals surface area contributed by atoms with E-state index in [-0.39, 0.29) is 9.63 Å². The van der Waals surface area contributed by atoms with Crippen molar-refractivity contribution in [2.24, 2.45) is 5.14 Å². The number of nitrogens with two attached hydrogens (primary N) is 1. The van der Waals surface area contributed by atoms with Crippen LogP contribution in [-0.2, 0) is 16.4 Å². The fraction of sp³-hybridized carbons (Fsp3) is 0.400. The zero-order valence-corrected chi connectivity index (χ0v) is 12.2. The van der Waals surface area contributed by atoms with E-state index in [0.717, 1.165) is 25.0 Å². The number of hydrogen-bond donors (Lipinski definition) is 1. The molecule has 2 aromatic heterocycles. The molecule has 0 amide bonds. The van der Waals surface area contributed by atoms with Crippen LogP contribution in [0.4, 0.5) is 0 Å². The van der Waals surface area contributed by atoms with Gasteiger partial charge in [0.1, 0.15) is 4.60 Å². The van der Waals surface area contributed by atoms with Crippen molar-refractivity contribution in [3.63, 3.8) is 0 Å². The van der Waals surface area contributed by atoms with Gasteiger partial charge in [0.15, 0.2) is 5.65 Å². The predicted molar refractivity (Wildman–Crippen MR) is 70.7 cm³/mol. The number of hydrogen-bond acceptors (Lipinski definition) is 4. The largest absolute Gasteiger partial charge is 0.258 e. The van der Waals surface area contributed by atoms with Crippen LogP contribution in [0.1, 0.15) is 25.5 Å². The minimum absolute atomic E-state index is 0.115. The summed E-state index contributed by atoms with van der Waals surface area (Å²) in [5, 5.41) is 9.31. The van der Waals surface area contributed by atoms with Crippen LogP contribution in [0.5, 0.6) is 0 Å². The number of imidazole rings is 1. The first-order valence-electron chi connectivity index (χ1n) is 5.50. The molecule has 2 aromatic rings. The Morgan fingerprint density at radius 3 is 2.78 bits per heavy atom. The molecule has 2 N–H and O–H groups in total. The number of nitrogens with zero attached hydrogens (tertiary/aromatic N) is 3. The van der Waals surface area contributed by atoms with Gasteiger partial charge >= 0.3 is 0 Å². The minimum atomic E-state index is -3.86. The van der Waals surface area contributed by atoms with Gasteiger partial charge in [-0.25, -0.2) is 18.5 Å². The van der Waals surface area contributed by atoms with Gasteiger partial charge in [-0.15, -0.1) is 0 Å². The van der Waals surface area contributed by atoms with Crippen LogP contribution >= 0.6 is 15.9 Å². The lowest BCUT2D eigenvalue weighted by molar-refractivity contribution is 0.588. The van der Waals surface area contributed by atoms with Gasteiger partial charge in [0.05, 0.1) is 5.69 Å². The molecule has 0 aliphatic heterocycles. The van der Waals surface area contributed by atoms with E-state index in [1.165, 1.54) is 4.52 Å². The van der Waals surface area contributed by atoms with E-state index in [0.29, 0.717) is 5.65 Å². The molecule has 0 spiro atoms. The van der Waals surface area contributed by atoms with Gasteiger partial charge in [0, 0.05) is 0 Å². The smallest absolute Gasteiger partial charge is 0.223 e. The standard InChI is InChI=1S/C10H13BrN4O2S/c1-2-3-4-7-5-6-8-13-9(11)10(15(8)14-7)18(12,16)17/h5-6H,2-4H2,1H3,(H2,12,16,17). The summed E-state index contributed by atoms with van der Waals surface area (Å²) in [5.41, 5.74) is 1.27. The fourth-order valence-electron chi connectivity index (χ4n) is 1.65. The summed E-state index contributed by atoms with van der Waals surface area (Å²) in [4.78, 5) is 4.06. The molecular weight excluding hydrogens is 320 g/mol. The van der Waals surface area contributed by atoms with Crippen LogP contribution in [0.25, 0.3) is 5.65 Å². The van der Waals surface area contributed by atoms with Crippen LogP contribution in [-0.4, -0.2) is 23.0 Å². The zero-order chi connectivity index (χ0) is 13.3. The molecule has 0 atom stereocenters. The van der Waals surface area contributed by atoms with Crippen LogP contribution in [0.3, 0.4) is 0 Å². The van der Waals surface area contributed by atoms with Crippen molar-refractivity contribution in [1.29, 1.82) is 0 Å². The average molecular weight is 333 g/mol. The third-order valence-electron chi connectivity index (χ3n) is 2.51. The molecule has 0 saturated heterocycles. The molecule has 0 bridgehead atoms. The van der Waals surface area contributed by atoms with Gasteiger partial charge in [-0.3, -0.25) is 0 Å². The van der Waals surface area contributed by atoms with Crippen molar-refractivity contribution in [3.8, 4) is 0 Å². The molecule has 18 heavy (non-hydrogen) atoms. The van der Waals surface area contributed by atoms with Crippen molar-refractivity contribution in [2.75, 3.05) is 0 Å². The van der Waals surface area contributed by atoms with E-state index < -0.39 is 10.0 Å². The summed E-state index contributed by atoms with van der Waals surface area (Å²) in [7, 11) is -3.86. The van der Waals surface area contributed by atoms with Gasteiger partial charge in [-0.2, -0.15) is 9.61 Å². The first-order chi connectivity index (χ1) is 8.43. The summed E-state index contributed by atoms with van der Waals surface area (Å²) in [6.45, 7) is 2.09. The second-order valence-corrected chi connectivity index (χ2v) is 6.18. The number of sulfonamides is 1. The number of primary sulfonamides is 1. The third-order valence-corrected chi connectivity index (χ3v) is 4.23. The Kier molecular flexibility index (Phi) is 3.69. The van der Waals surface area contributed by atoms with Crippen LogP contribution in [0, 0.1) is 0 Å². The van der Waals surface area contributed by atoms with E-state index in [2.05, 4.69) is 32.9 Å². The highest BCUT2D eigenvalue weighted by molar-refractivity contribution is 9.10. The molecule has 2 rings (SSSR count). The molecule has 2 heterocycles. The Hall–Kier alpha value is -0.990. The number of unbranched alkanes of at least 4 members (excludes halogenated alkanes) is 1.